The minimum atomic E-state index is 0.651. The van der Waals surface area contributed by atoms with Crippen LogP contribution in [0.4, 0.5) is 16.6 Å². The number of aromatic nitrogens is 2. The summed E-state index contributed by atoms with van der Waals surface area (Å²) in [7, 11) is 0. The van der Waals surface area contributed by atoms with E-state index in [9.17, 15) is 0 Å². The second kappa shape index (κ2) is 7.95. The molecule has 1 aromatic carbocycles. The van der Waals surface area contributed by atoms with Crippen LogP contribution in [-0.2, 0) is 0 Å². The first-order valence-electron chi connectivity index (χ1n) is 8.52. The summed E-state index contributed by atoms with van der Waals surface area (Å²) >= 11 is 1.53. The third kappa shape index (κ3) is 4.06. The zero-order chi connectivity index (χ0) is 17.6. The number of rotatable bonds is 7. The van der Waals surface area contributed by atoms with Gasteiger partial charge in [-0.15, -0.1) is 0 Å². The standard InChI is InChI=1S/C19H21N5S/c1-3-9-24(10-4-2)15-7-8-21-18(12-15)23-19-22-16-6-5-14(13-20)11-17(16)25-19/h5-8,11-12H,3-4,9-10H2,1-2H3,(H,21,22,23). The smallest absolute Gasteiger partial charge is 0.189 e. The average Bonchev–Trinajstić information content (AvgIpc) is 3.03. The minimum absolute atomic E-state index is 0.651. The molecule has 0 aliphatic rings. The summed E-state index contributed by atoms with van der Waals surface area (Å²) in [6.07, 6.45) is 4.06. The van der Waals surface area contributed by atoms with Gasteiger partial charge in [-0.25, -0.2) is 9.97 Å². The van der Waals surface area contributed by atoms with Crippen LogP contribution in [0.15, 0.2) is 36.5 Å². The highest BCUT2D eigenvalue weighted by Gasteiger charge is 2.09. The number of hydrogen-bond acceptors (Lipinski definition) is 6. The van der Waals surface area contributed by atoms with E-state index in [1.54, 1.807) is 6.07 Å². The fraction of sp³-hybridized carbons (Fsp3) is 0.316. The molecule has 3 aromatic rings. The van der Waals surface area contributed by atoms with Crippen molar-refractivity contribution in [1.29, 1.82) is 5.26 Å². The van der Waals surface area contributed by atoms with Crippen LogP contribution >= 0.6 is 11.3 Å². The SMILES string of the molecule is CCCN(CCC)c1ccnc(Nc2nc3ccc(C#N)cc3s2)c1. The van der Waals surface area contributed by atoms with Crippen LogP contribution in [0.1, 0.15) is 32.3 Å². The van der Waals surface area contributed by atoms with Gasteiger partial charge in [0.1, 0.15) is 5.82 Å². The summed E-state index contributed by atoms with van der Waals surface area (Å²) in [6.45, 7) is 6.46. The number of nitrogens with zero attached hydrogens (tertiary/aromatic N) is 4. The predicted octanol–water partition coefficient (Wildman–Crippen LogP) is 4.93. The summed E-state index contributed by atoms with van der Waals surface area (Å²) in [5, 5.41) is 13.1. The van der Waals surface area contributed by atoms with Gasteiger partial charge >= 0.3 is 0 Å². The van der Waals surface area contributed by atoms with Crippen LogP contribution < -0.4 is 10.2 Å². The molecule has 0 fully saturated rings. The molecule has 0 amide bonds. The van der Waals surface area contributed by atoms with Crippen molar-refractivity contribution in [2.45, 2.75) is 26.7 Å². The Morgan fingerprint density at radius 3 is 2.68 bits per heavy atom. The molecule has 128 valence electrons. The Bertz CT molecular complexity index is 890. The number of fused-ring (bicyclic) bond motifs is 1. The van der Waals surface area contributed by atoms with Crippen LogP contribution in [0.3, 0.4) is 0 Å². The molecule has 1 N–H and O–H groups in total. The Morgan fingerprint density at radius 2 is 1.96 bits per heavy atom. The number of thiazole rings is 1. The minimum Gasteiger partial charge on any atom is -0.371 e. The van der Waals surface area contributed by atoms with Gasteiger partial charge in [0.2, 0.25) is 0 Å². The molecule has 0 aliphatic heterocycles. The summed E-state index contributed by atoms with van der Waals surface area (Å²) in [5.41, 5.74) is 2.72. The molecule has 0 unspecified atom stereocenters. The summed E-state index contributed by atoms with van der Waals surface area (Å²) in [6, 6.07) is 11.8. The zero-order valence-electron chi connectivity index (χ0n) is 14.5. The van der Waals surface area contributed by atoms with E-state index in [1.807, 2.05) is 24.4 Å². The summed E-state index contributed by atoms with van der Waals surface area (Å²) in [4.78, 5) is 11.4. The normalized spacial score (nSPS) is 10.6. The van der Waals surface area contributed by atoms with E-state index in [1.165, 1.54) is 17.0 Å². The molecule has 0 aliphatic carbocycles. The first-order valence-corrected chi connectivity index (χ1v) is 9.34. The topological polar surface area (TPSA) is 64.8 Å². The first-order chi connectivity index (χ1) is 12.2. The molecule has 2 heterocycles. The fourth-order valence-electron chi connectivity index (χ4n) is 2.75. The quantitative estimate of drug-likeness (QED) is 0.653. The number of nitriles is 1. The Kier molecular flexibility index (Phi) is 5.46. The maximum absolute atomic E-state index is 9.01. The van der Waals surface area contributed by atoms with Gasteiger partial charge in [-0.3, -0.25) is 0 Å². The molecule has 3 rings (SSSR count). The average molecular weight is 351 g/mol. The van der Waals surface area contributed by atoms with Gasteiger partial charge in [0, 0.05) is 31.0 Å². The van der Waals surface area contributed by atoms with E-state index in [-0.39, 0.29) is 0 Å². The van der Waals surface area contributed by atoms with Gasteiger partial charge in [-0.1, -0.05) is 25.2 Å². The summed E-state index contributed by atoms with van der Waals surface area (Å²) in [5.74, 6) is 0.786. The Morgan fingerprint density at radius 1 is 1.16 bits per heavy atom. The van der Waals surface area contributed by atoms with Crippen LogP contribution in [0.25, 0.3) is 10.2 Å². The maximum atomic E-state index is 9.01. The third-order valence-electron chi connectivity index (χ3n) is 3.85. The van der Waals surface area contributed by atoms with Gasteiger partial charge in [-0.05, 0) is 37.1 Å². The molecule has 5 nitrogen and oxygen atoms in total. The second-order valence-electron chi connectivity index (χ2n) is 5.82. The molecule has 0 saturated heterocycles. The van der Waals surface area contributed by atoms with Crippen molar-refractivity contribution in [3.8, 4) is 6.07 Å². The molecular weight excluding hydrogens is 330 g/mol. The van der Waals surface area contributed by atoms with Crippen LogP contribution in [0.2, 0.25) is 0 Å². The van der Waals surface area contributed by atoms with E-state index < -0.39 is 0 Å². The van der Waals surface area contributed by atoms with Crippen molar-refractivity contribution in [3.63, 3.8) is 0 Å². The Hall–Kier alpha value is -2.65. The van der Waals surface area contributed by atoms with Crippen molar-refractivity contribution in [2.75, 3.05) is 23.3 Å². The fourth-order valence-corrected chi connectivity index (χ4v) is 3.66. The molecule has 0 atom stereocenters. The lowest BCUT2D eigenvalue weighted by atomic mass is 10.2. The molecule has 2 aromatic heterocycles. The van der Waals surface area contributed by atoms with Gasteiger partial charge in [0.15, 0.2) is 5.13 Å². The molecule has 0 radical (unpaired) electrons. The van der Waals surface area contributed by atoms with E-state index >= 15 is 0 Å². The van der Waals surface area contributed by atoms with Crippen molar-refractivity contribution in [1.82, 2.24) is 9.97 Å². The summed E-state index contributed by atoms with van der Waals surface area (Å²) < 4.78 is 0.997. The lowest BCUT2D eigenvalue weighted by Gasteiger charge is -2.24. The molecule has 0 spiro atoms. The molecule has 0 bridgehead atoms. The molecule has 0 saturated carbocycles. The Labute approximate surface area is 152 Å². The van der Waals surface area contributed by atoms with Gasteiger partial charge in [0.25, 0.3) is 0 Å². The number of pyridine rings is 1. The maximum Gasteiger partial charge on any atom is 0.189 e. The van der Waals surface area contributed by atoms with Crippen LogP contribution in [-0.4, -0.2) is 23.1 Å². The molecular formula is C19H21N5S. The number of anilines is 3. The number of hydrogen-bond donors (Lipinski definition) is 1. The number of benzene rings is 1. The van der Waals surface area contributed by atoms with Crippen LogP contribution in [0, 0.1) is 11.3 Å². The van der Waals surface area contributed by atoms with Crippen molar-refractivity contribution >= 4 is 38.2 Å². The van der Waals surface area contributed by atoms with E-state index in [0.717, 1.165) is 47.1 Å². The van der Waals surface area contributed by atoms with Gasteiger partial charge < -0.3 is 10.2 Å². The highest BCUT2D eigenvalue weighted by Crippen LogP contribution is 2.29. The predicted molar refractivity (Wildman–Crippen MR) is 105 cm³/mol. The van der Waals surface area contributed by atoms with Crippen molar-refractivity contribution in [2.24, 2.45) is 0 Å². The van der Waals surface area contributed by atoms with Gasteiger partial charge in [-0.2, -0.15) is 5.26 Å². The van der Waals surface area contributed by atoms with Gasteiger partial charge in [0.05, 0.1) is 21.8 Å². The monoisotopic (exact) mass is 351 g/mol. The largest absolute Gasteiger partial charge is 0.371 e. The molecule has 25 heavy (non-hydrogen) atoms. The Balaban J connectivity index is 1.83. The van der Waals surface area contributed by atoms with E-state index in [0.29, 0.717) is 5.56 Å². The first kappa shape index (κ1) is 17.2. The lowest BCUT2D eigenvalue weighted by molar-refractivity contribution is 0.744. The van der Waals surface area contributed by atoms with Crippen molar-refractivity contribution < 1.29 is 0 Å². The van der Waals surface area contributed by atoms with E-state index in [4.69, 9.17) is 5.26 Å². The lowest BCUT2D eigenvalue weighted by Crippen LogP contribution is -2.24. The zero-order valence-corrected chi connectivity index (χ0v) is 15.3. The second-order valence-corrected chi connectivity index (χ2v) is 6.86. The highest BCUT2D eigenvalue weighted by atomic mass is 32.1. The molecule has 6 heteroatoms. The van der Waals surface area contributed by atoms with Crippen LogP contribution in [0.5, 0.6) is 0 Å². The highest BCUT2D eigenvalue weighted by molar-refractivity contribution is 7.22. The number of nitrogens with one attached hydrogen (secondary N) is 1. The van der Waals surface area contributed by atoms with E-state index in [2.05, 4.69) is 46.2 Å². The van der Waals surface area contributed by atoms with Crippen molar-refractivity contribution in [3.05, 3.63) is 42.1 Å². The third-order valence-corrected chi connectivity index (χ3v) is 4.78.